The Morgan fingerprint density at radius 2 is 2.28 bits per heavy atom. The average molecular weight is 271 g/mol. The van der Waals surface area contributed by atoms with Gasteiger partial charge in [-0.25, -0.2) is 4.79 Å². The van der Waals surface area contributed by atoms with Gasteiger partial charge in [-0.05, 0) is 24.3 Å². The first-order valence-corrected chi connectivity index (χ1v) is 6.65. The molecule has 0 bridgehead atoms. The van der Waals surface area contributed by atoms with Crippen LogP contribution in [0, 0.1) is 0 Å². The fourth-order valence-electron chi connectivity index (χ4n) is 1.39. The molecule has 0 unspecified atom stereocenters. The molecule has 0 aromatic carbocycles. The molecule has 18 heavy (non-hydrogen) atoms. The minimum atomic E-state index is -1.00. The number of aliphatic carboxylic acids is 1. The van der Waals surface area contributed by atoms with Crippen LogP contribution >= 0.6 is 11.3 Å². The van der Waals surface area contributed by atoms with Crippen molar-refractivity contribution in [2.75, 3.05) is 19.8 Å². The molecule has 0 radical (unpaired) electrons. The van der Waals surface area contributed by atoms with E-state index in [1.807, 2.05) is 11.4 Å². The van der Waals surface area contributed by atoms with Gasteiger partial charge in [0.1, 0.15) is 6.61 Å². The quantitative estimate of drug-likeness (QED) is 0.664. The number of amides is 1. The van der Waals surface area contributed by atoms with Crippen molar-refractivity contribution < 1.29 is 19.4 Å². The second-order valence-electron chi connectivity index (χ2n) is 3.73. The van der Waals surface area contributed by atoms with Gasteiger partial charge < -0.3 is 15.2 Å². The van der Waals surface area contributed by atoms with Crippen LogP contribution in [-0.4, -0.2) is 36.7 Å². The smallest absolute Gasteiger partial charge is 0.329 e. The van der Waals surface area contributed by atoms with Gasteiger partial charge in [0.15, 0.2) is 0 Å². The number of hydrogen-bond acceptors (Lipinski definition) is 4. The number of nitrogens with one attached hydrogen (secondary N) is 1. The summed E-state index contributed by atoms with van der Waals surface area (Å²) >= 11 is 1.69. The van der Waals surface area contributed by atoms with Crippen molar-refractivity contribution in [1.29, 1.82) is 0 Å². The molecule has 5 nitrogen and oxygen atoms in total. The van der Waals surface area contributed by atoms with Gasteiger partial charge in [0.2, 0.25) is 5.91 Å². The molecule has 0 spiro atoms. The highest BCUT2D eigenvalue weighted by atomic mass is 32.1. The maximum absolute atomic E-state index is 11.4. The van der Waals surface area contributed by atoms with E-state index >= 15 is 0 Å². The fourth-order valence-corrected chi connectivity index (χ4v) is 2.14. The van der Waals surface area contributed by atoms with Crippen LogP contribution in [0.2, 0.25) is 0 Å². The summed E-state index contributed by atoms with van der Waals surface area (Å²) < 4.78 is 4.80. The molecule has 100 valence electrons. The summed E-state index contributed by atoms with van der Waals surface area (Å²) in [6.45, 7) is 0.252. The van der Waals surface area contributed by atoms with E-state index in [2.05, 4.69) is 11.4 Å². The Balaban J connectivity index is 1.95. The number of thiophene rings is 1. The third-order valence-electron chi connectivity index (χ3n) is 2.20. The van der Waals surface area contributed by atoms with Gasteiger partial charge >= 0.3 is 5.97 Å². The van der Waals surface area contributed by atoms with Crippen molar-refractivity contribution in [3.8, 4) is 0 Å². The number of hydrogen-bond donors (Lipinski definition) is 2. The lowest BCUT2D eigenvalue weighted by Crippen LogP contribution is -2.27. The molecular weight excluding hydrogens is 254 g/mol. The van der Waals surface area contributed by atoms with Crippen LogP contribution in [0.1, 0.15) is 17.7 Å². The Morgan fingerprint density at radius 3 is 2.94 bits per heavy atom. The number of rotatable bonds is 9. The van der Waals surface area contributed by atoms with Gasteiger partial charge in [-0.1, -0.05) is 6.07 Å². The van der Waals surface area contributed by atoms with Crippen molar-refractivity contribution in [2.45, 2.75) is 19.3 Å². The van der Waals surface area contributed by atoms with Crippen molar-refractivity contribution in [1.82, 2.24) is 5.32 Å². The molecule has 0 saturated heterocycles. The molecule has 0 aliphatic rings. The van der Waals surface area contributed by atoms with Gasteiger partial charge in [-0.3, -0.25) is 4.79 Å². The first-order chi connectivity index (χ1) is 8.68. The second-order valence-corrected chi connectivity index (χ2v) is 4.76. The summed E-state index contributed by atoms with van der Waals surface area (Å²) in [5.74, 6) is -1.03. The Bertz CT molecular complexity index is 364. The predicted octanol–water partition coefficient (Wildman–Crippen LogP) is 1.29. The zero-order valence-corrected chi connectivity index (χ0v) is 10.9. The van der Waals surface area contributed by atoms with Gasteiger partial charge in [-0.2, -0.15) is 0 Å². The molecule has 1 aromatic heterocycles. The lowest BCUT2D eigenvalue weighted by Gasteiger charge is -2.04. The Hall–Kier alpha value is -1.40. The maximum Gasteiger partial charge on any atom is 0.329 e. The topological polar surface area (TPSA) is 75.6 Å². The largest absolute Gasteiger partial charge is 0.480 e. The van der Waals surface area contributed by atoms with Gasteiger partial charge in [0, 0.05) is 17.8 Å². The van der Waals surface area contributed by atoms with E-state index in [0.717, 1.165) is 12.8 Å². The number of carboxylic acid groups (broad SMARTS) is 1. The third kappa shape index (κ3) is 7.03. The lowest BCUT2D eigenvalue weighted by atomic mass is 10.2. The SMILES string of the molecule is O=C(O)COCCNC(=O)CCCc1cccs1. The van der Waals surface area contributed by atoms with E-state index < -0.39 is 5.97 Å². The van der Waals surface area contributed by atoms with E-state index in [0.29, 0.717) is 13.0 Å². The number of carbonyl (C=O) groups excluding carboxylic acids is 1. The molecule has 1 heterocycles. The normalized spacial score (nSPS) is 10.2. The highest BCUT2D eigenvalue weighted by molar-refractivity contribution is 7.09. The lowest BCUT2D eigenvalue weighted by molar-refractivity contribution is -0.142. The minimum Gasteiger partial charge on any atom is -0.480 e. The number of ether oxygens (including phenoxy) is 1. The van der Waals surface area contributed by atoms with Crippen LogP contribution in [-0.2, 0) is 20.7 Å². The average Bonchev–Trinajstić information content (AvgIpc) is 2.81. The molecule has 0 saturated carbocycles. The van der Waals surface area contributed by atoms with Gasteiger partial charge in [0.25, 0.3) is 0 Å². The first kappa shape index (κ1) is 14.7. The van der Waals surface area contributed by atoms with Crippen LogP contribution in [0.15, 0.2) is 17.5 Å². The summed E-state index contributed by atoms with van der Waals surface area (Å²) in [5, 5.41) is 13.0. The number of carboxylic acids is 1. The highest BCUT2D eigenvalue weighted by Crippen LogP contribution is 2.11. The van der Waals surface area contributed by atoms with Gasteiger partial charge in [0.05, 0.1) is 6.61 Å². The number of aryl methyl sites for hydroxylation is 1. The molecule has 1 aromatic rings. The Kier molecular flexibility index (Phi) is 7.05. The molecular formula is C12H17NO4S. The summed E-state index contributed by atoms with van der Waals surface area (Å²) in [5.41, 5.74) is 0. The standard InChI is InChI=1S/C12H17NO4S/c14-11(13-6-7-17-9-12(15)16)5-1-3-10-4-2-8-18-10/h2,4,8H,1,3,5-7,9H2,(H,13,14)(H,15,16). The monoisotopic (exact) mass is 271 g/mol. The summed E-state index contributed by atoms with van der Waals surface area (Å²) in [4.78, 5) is 22.8. The zero-order valence-electron chi connectivity index (χ0n) is 10.1. The molecule has 0 fully saturated rings. The zero-order chi connectivity index (χ0) is 13.2. The molecule has 0 aliphatic heterocycles. The van der Waals surface area contributed by atoms with Gasteiger partial charge in [-0.15, -0.1) is 11.3 Å². The van der Waals surface area contributed by atoms with Crippen molar-refractivity contribution in [2.24, 2.45) is 0 Å². The van der Waals surface area contributed by atoms with Crippen LogP contribution in [0.3, 0.4) is 0 Å². The summed E-state index contributed by atoms with van der Waals surface area (Å²) in [6.07, 6.45) is 2.22. The molecule has 1 amide bonds. The minimum absolute atomic E-state index is 0.0227. The predicted molar refractivity (Wildman–Crippen MR) is 68.7 cm³/mol. The first-order valence-electron chi connectivity index (χ1n) is 5.77. The van der Waals surface area contributed by atoms with Crippen molar-refractivity contribution >= 4 is 23.2 Å². The van der Waals surface area contributed by atoms with E-state index in [4.69, 9.17) is 9.84 Å². The van der Waals surface area contributed by atoms with Crippen molar-refractivity contribution in [3.05, 3.63) is 22.4 Å². The van der Waals surface area contributed by atoms with Crippen LogP contribution in [0.5, 0.6) is 0 Å². The highest BCUT2D eigenvalue weighted by Gasteiger charge is 2.02. The van der Waals surface area contributed by atoms with Crippen LogP contribution in [0.25, 0.3) is 0 Å². The maximum atomic E-state index is 11.4. The van der Waals surface area contributed by atoms with E-state index in [1.54, 1.807) is 11.3 Å². The van der Waals surface area contributed by atoms with E-state index in [9.17, 15) is 9.59 Å². The number of carbonyl (C=O) groups is 2. The Labute approximate surface area is 110 Å². The Morgan fingerprint density at radius 1 is 1.44 bits per heavy atom. The second kappa shape index (κ2) is 8.66. The fraction of sp³-hybridized carbons (Fsp3) is 0.500. The van der Waals surface area contributed by atoms with E-state index in [1.165, 1.54) is 4.88 Å². The summed E-state index contributed by atoms with van der Waals surface area (Å²) in [7, 11) is 0. The van der Waals surface area contributed by atoms with Crippen LogP contribution < -0.4 is 5.32 Å². The summed E-state index contributed by atoms with van der Waals surface area (Å²) in [6, 6.07) is 4.06. The molecule has 1 rings (SSSR count). The third-order valence-corrected chi connectivity index (χ3v) is 3.14. The van der Waals surface area contributed by atoms with Crippen LogP contribution in [0.4, 0.5) is 0 Å². The molecule has 6 heteroatoms. The molecule has 0 aliphatic carbocycles. The molecule has 0 atom stereocenters. The van der Waals surface area contributed by atoms with E-state index in [-0.39, 0.29) is 19.1 Å². The van der Waals surface area contributed by atoms with Crippen molar-refractivity contribution in [3.63, 3.8) is 0 Å². The molecule has 2 N–H and O–H groups in total.